The third-order valence-electron chi connectivity index (χ3n) is 3.20. The van der Waals surface area contributed by atoms with Crippen LogP contribution < -0.4 is 5.73 Å². The first-order chi connectivity index (χ1) is 8.20. The number of nitrogens with two attached hydrogens (primary N) is 1. The largest absolute Gasteiger partial charge is 0.418 e. The van der Waals surface area contributed by atoms with Crippen LogP contribution in [0.4, 0.5) is 22.0 Å². The van der Waals surface area contributed by atoms with E-state index in [0.29, 0.717) is 0 Å². The molecule has 0 atom stereocenters. The third kappa shape index (κ3) is 2.07. The first kappa shape index (κ1) is 13.2. The molecule has 1 aliphatic rings. The maximum Gasteiger partial charge on any atom is 0.418 e. The highest BCUT2D eigenvalue weighted by Crippen LogP contribution is 2.54. The normalized spacial score (nSPS) is 21.4. The maximum atomic E-state index is 13.0. The van der Waals surface area contributed by atoms with E-state index in [2.05, 4.69) is 4.98 Å². The van der Waals surface area contributed by atoms with Gasteiger partial charge in [0.15, 0.2) is 0 Å². The molecule has 0 unspecified atom stereocenters. The van der Waals surface area contributed by atoms with Gasteiger partial charge in [-0.3, -0.25) is 4.98 Å². The monoisotopic (exact) mass is 266 g/mol. The van der Waals surface area contributed by atoms with Gasteiger partial charge < -0.3 is 5.73 Å². The highest BCUT2D eigenvalue weighted by atomic mass is 19.4. The van der Waals surface area contributed by atoms with Crippen molar-refractivity contribution in [2.45, 2.75) is 30.4 Å². The minimum atomic E-state index is -4.61. The van der Waals surface area contributed by atoms with E-state index in [4.69, 9.17) is 5.73 Å². The van der Waals surface area contributed by atoms with E-state index in [0.717, 1.165) is 12.1 Å². The van der Waals surface area contributed by atoms with Crippen molar-refractivity contribution >= 4 is 0 Å². The molecule has 1 fully saturated rings. The summed E-state index contributed by atoms with van der Waals surface area (Å²) < 4.78 is 64.3. The molecule has 0 bridgehead atoms. The van der Waals surface area contributed by atoms with Crippen molar-refractivity contribution in [3.05, 3.63) is 29.6 Å². The second kappa shape index (κ2) is 3.88. The summed E-state index contributed by atoms with van der Waals surface area (Å²) >= 11 is 0. The fourth-order valence-electron chi connectivity index (χ4n) is 2.40. The maximum absolute atomic E-state index is 13.0. The van der Waals surface area contributed by atoms with Crippen molar-refractivity contribution in [3.8, 4) is 0 Å². The zero-order valence-electron chi connectivity index (χ0n) is 9.27. The van der Waals surface area contributed by atoms with Crippen molar-refractivity contribution in [1.29, 1.82) is 0 Å². The predicted molar refractivity (Wildman–Crippen MR) is 54.2 cm³/mol. The van der Waals surface area contributed by atoms with E-state index in [1.165, 1.54) is 6.20 Å². The number of hydrogen-bond donors (Lipinski definition) is 1. The second-order valence-electron chi connectivity index (χ2n) is 4.59. The molecule has 1 aromatic heterocycles. The molecule has 18 heavy (non-hydrogen) atoms. The summed E-state index contributed by atoms with van der Waals surface area (Å²) in [6.07, 6.45) is -4.82. The summed E-state index contributed by atoms with van der Waals surface area (Å²) in [7, 11) is 0. The number of halogens is 5. The molecule has 0 radical (unpaired) electrons. The zero-order valence-corrected chi connectivity index (χ0v) is 9.27. The van der Waals surface area contributed by atoms with E-state index in [1.54, 1.807) is 0 Å². The van der Waals surface area contributed by atoms with Crippen molar-refractivity contribution in [2.24, 2.45) is 5.73 Å². The lowest BCUT2D eigenvalue weighted by Crippen LogP contribution is -2.54. The Bertz CT molecular complexity index is 447. The van der Waals surface area contributed by atoms with Gasteiger partial charge in [0.2, 0.25) is 5.92 Å². The van der Waals surface area contributed by atoms with Gasteiger partial charge in [-0.2, -0.15) is 13.2 Å². The Morgan fingerprint density at radius 1 is 1.28 bits per heavy atom. The summed E-state index contributed by atoms with van der Waals surface area (Å²) in [5.41, 5.74) is 2.68. The third-order valence-corrected chi connectivity index (χ3v) is 3.20. The summed E-state index contributed by atoms with van der Waals surface area (Å²) in [5, 5.41) is 0. The average Bonchev–Trinajstić information content (AvgIpc) is 2.24. The fourth-order valence-corrected chi connectivity index (χ4v) is 2.40. The first-order valence-corrected chi connectivity index (χ1v) is 5.31. The van der Waals surface area contributed by atoms with Gasteiger partial charge in [-0.1, -0.05) is 0 Å². The van der Waals surface area contributed by atoms with E-state index in [9.17, 15) is 22.0 Å². The summed E-state index contributed by atoms with van der Waals surface area (Å²) in [5.74, 6) is -2.96. The fraction of sp³-hybridized carbons (Fsp3) is 0.545. The molecule has 0 aliphatic heterocycles. The molecule has 100 valence electrons. The number of alkyl halides is 5. The average molecular weight is 266 g/mol. The Morgan fingerprint density at radius 3 is 2.33 bits per heavy atom. The molecule has 1 heterocycles. The van der Waals surface area contributed by atoms with E-state index in [1.807, 2.05) is 0 Å². The smallest absolute Gasteiger partial charge is 0.330 e. The highest BCUT2D eigenvalue weighted by molar-refractivity contribution is 5.34. The van der Waals surface area contributed by atoms with E-state index >= 15 is 0 Å². The zero-order chi connectivity index (χ0) is 13.6. The Kier molecular flexibility index (Phi) is 2.84. The molecular formula is C11H11F5N2. The molecule has 7 heteroatoms. The van der Waals surface area contributed by atoms with Crippen LogP contribution in [0.2, 0.25) is 0 Å². The number of aromatic nitrogens is 1. The van der Waals surface area contributed by atoms with E-state index < -0.39 is 35.9 Å². The van der Waals surface area contributed by atoms with Crippen LogP contribution in [0.15, 0.2) is 18.3 Å². The van der Waals surface area contributed by atoms with Crippen molar-refractivity contribution in [1.82, 2.24) is 4.98 Å². The standard InChI is InChI=1S/C11H11F5N2/c12-10(13)4-9(5-10,6-17)8-7(11(14,15)16)2-1-3-18-8/h1-3H,4-6,17H2. The van der Waals surface area contributed by atoms with Crippen LogP contribution in [-0.4, -0.2) is 17.5 Å². The lowest BCUT2D eigenvalue weighted by Gasteiger charge is -2.47. The van der Waals surface area contributed by atoms with Gasteiger partial charge in [0.1, 0.15) is 0 Å². The number of pyridine rings is 1. The number of nitrogens with zero attached hydrogens (tertiary/aromatic N) is 1. The Morgan fingerprint density at radius 2 is 1.89 bits per heavy atom. The molecule has 2 nitrogen and oxygen atoms in total. The van der Waals surface area contributed by atoms with Crippen LogP contribution in [0.25, 0.3) is 0 Å². The van der Waals surface area contributed by atoms with Gasteiger partial charge in [0, 0.05) is 31.0 Å². The first-order valence-electron chi connectivity index (χ1n) is 5.31. The van der Waals surface area contributed by atoms with Crippen LogP contribution in [0.1, 0.15) is 24.1 Å². The quantitative estimate of drug-likeness (QED) is 0.836. The molecule has 2 N–H and O–H groups in total. The highest BCUT2D eigenvalue weighted by Gasteiger charge is 2.59. The van der Waals surface area contributed by atoms with Gasteiger partial charge in [-0.25, -0.2) is 8.78 Å². The van der Waals surface area contributed by atoms with Crippen LogP contribution in [-0.2, 0) is 11.6 Å². The second-order valence-corrected chi connectivity index (χ2v) is 4.59. The van der Waals surface area contributed by atoms with Gasteiger partial charge in [-0.05, 0) is 12.1 Å². The minimum Gasteiger partial charge on any atom is -0.330 e. The van der Waals surface area contributed by atoms with Crippen molar-refractivity contribution < 1.29 is 22.0 Å². The Labute approximate surface area is 100 Å². The van der Waals surface area contributed by atoms with Crippen LogP contribution in [0.3, 0.4) is 0 Å². The Balaban J connectivity index is 2.45. The van der Waals surface area contributed by atoms with Crippen LogP contribution in [0, 0.1) is 0 Å². The summed E-state index contributed by atoms with van der Waals surface area (Å²) in [6.45, 7) is -0.275. The molecule has 1 saturated carbocycles. The molecule has 0 aromatic carbocycles. The van der Waals surface area contributed by atoms with Gasteiger partial charge in [0.05, 0.1) is 11.3 Å². The molecule has 0 saturated heterocycles. The SMILES string of the molecule is NCC1(c2ncccc2C(F)(F)F)CC(F)(F)C1. The van der Waals surface area contributed by atoms with E-state index in [-0.39, 0.29) is 12.2 Å². The van der Waals surface area contributed by atoms with Crippen LogP contribution >= 0.6 is 0 Å². The molecule has 0 amide bonds. The number of hydrogen-bond acceptors (Lipinski definition) is 2. The molecule has 1 aliphatic carbocycles. The van der Waals surface area contributed by atoms with Crippen molar-refractivity contribution in [3.63, 3.8) is 0 Å². The van der Waals surface area contributed by atoms with Gasteiger partial charge >= 0.3 is 6.18 Å². The lowest BCUT2D eigenvalue weighted by atomic mass is 9.63. The molecule has 1 aromatic rings. The summed E-state index contributed by atoms with van der Waals surface area (Å²) in [6, 6.07) is 1.98. The van der Waals surface area contributed by atoms with Gasteiger partial charge in [-0.15, -0.1) is 0 Å². The Hall–Kier alpha value is -1.24. The lowest BCUT2D eigenvalue weighted by molar-refractivity contribution is -0.148. The molecule has 0 spiro atoms. The molecule has 2 rings (SSSR count). The minimum absolute atomic E-state index is 0.275. The topological polar surface area (TPSA) is 38.9 Å². The predicted octanol–water partition coefficient (Wildman–Crippen LogP) is 2.73. The van der Waals surface area contributed by atoms with Crippen LogP contribution in [0.5, 0.6) is 0 Å². The van der Waals surface area contributed by atoms with Crippen molar-refractivity contribution in [2.75, 3.05) is 6.54 Å². The van der Waals surface area contributed by atoms with Gasteiger partial charge in [0.25, 0.3) is 0 Å². The molecular weight excluding hydrogens is 255 g/mol. The summed E-state index contributed by atoms with van der Waals surface area (Å²) in [4.78, 5) is 3.64. The number of rotatable bonds is 2.